The van der Waals surface area contributed by atoms with Gasteiger partial charge in [-0.05, 0) is 35.6 Å². The minimum Gasteiger partial charge on any atom is -0.356 e. The van der Waals surface area contributed by atoms with Crippen LogP contribution in [0.5, 0.6) is 0 Å². The molecule has 1 atom stereocenters. The molecule has 3 rings (SSSR count). The Labute approximate surface area is 155 Å². The largest absolute Gasteiger partial charge is 0.356 e. The number of fused-ring (bicyclic) bond motifs is 1. The molecule has 0 saturated carbocycles. The zero-order chi connectivity index (χ0) is 18.4. The molecule has 0 spiro atoms. The van der Waals surface area contributed by atoms with Crippen molar-refractivity contribution in [3.63, 3.8) is 0 Å². The zero-order valence-electron chi connectivity index (χ0n) is 15.5. The highest BCUT2D eigenvalue weighted by atomic mass is 16.2. The monoisotopic (exact) mass is 352 g/mol. The molecule has 26 heavy (non-hydrogen) atoms. The van der Waals surface area contributed by atoms with Crippen molar-refractivity contribution < 1.29 is 9.59 Å². The van der Waals surface area contributed by atoms with Gasteiger partial charge in [0.1, 0.15) is 0 Å². The van der Waals surface area contributed by atoms with Gasteiger partial charge in [-0.3, -0.25) is 9.59 Å². The van der Waals surface area contributed by atoms with Crippen LogP contribution >= 0.6 is 0 Å². The quantitative estimate of drug-likeness (QED) is 0.809. The molecular weight excluding hydrogens is 324 g/mol. The third-order valence-corrected chi connectivity index (χ3v) is 5.14. The van der Waals surface area contributed by atoms with Crippen molar-refractivity contribution in [1.82, 2.24) is 10.2 Å². The van der Waals surface area contributed by atoms with Crippen molar-refractivity contribution >= 4 is 22.6 Å². The van der Waals surface area contributed by atoms with E-state index in [1.54, 1.807) is 0 Å². The molecule has 2 aromatic rings. The maximum Gasteiger partial charge on any atom is 0.227 e. The summed E-state index contributed by atoms with van der Waals surface area (Å²) in [5.41, 5.74) is 1.03. The van der Waals surface area contributed by atoms with E-state index in [4.69, 9.17) is 0 Å². The van der Waals surface area contributed by atoms with E-state index in [0.29, 0.717) is 13.0 Å². The number of nitrogens with zero attached hydrogens (tertiary/aromatic N) is 1. The molecule has 0 aliphatic carbocycles. The number of amides is 2. The van der Waals surface area contributed by atoms with Gasteiger partial charge in [-0.25, -0.2) is 0 Å². The molecule has 0 radical (unpaired) electrons. The topological polar surface area (TPSA) is 49.4 Å². The number of likely N-dealkylation sites (tertiary alicyclic amines) is 1. The summed E-state index contributed by atoms with van der Waals surface area (Å²) < 4.78 is 0. The maximum absolute atomic E-state index is 12.7. The van der Waals surface area contributed by atoms with Crippen LogP contribution < -0.4 is 5.32 Å². The highest BCUT2D eigenvalue weighted by Gasteiger charge is 2.28. The number of hydrogen-bond donors (Lipinski definition) is 1. The van der Waals surface area contributed by atoms with Crippen molar-refractivity contribution in [2.45, 2.75) is 39.0 Å². The summed E-state index contributed by atoms with van der Waals surface area (Å²) >= 11 is 0. The summed E-state index contributed by atoms with van der Waals surface area (Å²) in [5, 5.41) is 5.35. The molecule has 4 nitrogen and oxygen atoms in total. The van der Waals surface area contributed by atoms with E-state index in [-0.39, 0.29) is 17.7 Å². The van der Waals surface area contributed by atoms with Crippen LogP contribution in [0.15, 0.2) is 42.5 Å². The second-order valence-electron chi connectivity index (χ2n) is 7.18. The number of unbranched alkanes of at least 4 members (excludes halogenated alkanes) is 1. The minimum atomic E-state index is -0.0684. The maximum atomic E-state index is 12.7. The van der Waals surface area contributed by atoms with E-state index in [2.05, 4.69) is 36.5 Å². The number of benzene rings is 2. The van der Waals surface area contributed by atoms with E-state index >= 15 is 0 Å². The third-order valence-electron chi connectivity index (χ3n) is 5.14. The Hall–Kier alpha value is -2.36. The first kappa shape index (κ1) is 18.4. The number of nitrogens with one attached hydrogen (secondary N) is 1. The highest BCUT2D eigenvalue weighted by molar-refractivity contribution is 5.86. The van der Waals surface area contributed by atoms with E-state index in [0.717, 1.165) is 49.7 Å². The van der Waals surface area contributed by atoms with Crippen LogP contribution in [0.4, 0.5) is 0 Å². The molecule has 2 aromatic carbocycles. The fourth-order valence-corrected chi connectivity index (χ4v) is 3.59. The SMILES string of the molecule is CCCCNC(=O)C1CCCN(C(=O)Cc2ccc3ccccc3c2)C1. The summed E-state index contributed by atoms with van der Waals surface area (Å²) in [6, 6.07) is 14.4. The summed E-state index contributed by atoms with van der Waals surface area (Å²) in [7, 11) is 0. The lowest BCUT2D eigenvalue weighted by Gasteiger charge is -2.32. The lowest BCUT2D eigenvalue weighted by molar-refractivity contribution is -0.135. The molecule has 1 saturated heterocycles. The number of carbonyl (C=O) groups excluding carboxylic acids is 2. The van der Waals surface area contributed by atoms with Gasteiger partial charge in [0.15, 0.2) is 0 Å². The summed E-state index contributed by atoms with van der Waals surface area (Å²) in [6.45, 7) is 4.15. The normalized spacial score (nSPS) is 17.3. The second-order valence-corrected chi connectivity index (χ2v) is 7.18. The zero-order valence-corrected chi connectivity index (χ0v) is 15.5. The fourth-order valence-electron chi connectivity index (χ4n) is 3.59. The molecule has 1 aliphatic rings. The van der Waals surface area contributed by atoms with Crippen LogP contribution in [0, 0.1) is 5.92 Å². The summed E-state index contributed by atoms with van der Waals surface area (Å²) in [4.78, 5) is 26.9. The van der Waals surface area contributed by atoms with Gasteiger partial charge in [-0.1, -0.05) is 55.8 Å². The molecule has 0 bridgehead atoms. The van der Waals surface area contributed by atoms with Crippen molar-refractivity contribution in [2.24, 2.45) is 5.92 Å². The Morgan fingerprint density at radius 3 is 2.77 bits per heavy atom. The molecular formula is C22H28N2O2. The molecule has 1 unspecified atom stereocenters. The average Bonchev–Trinajstić information content (AvgIpc) is 2.68. The number of carbonyl (C=O) groups is 2. The van der Waals surface area contributed by atoms with Crippen LogP contribution in [0.3, 0.4) is 0 Å². The predicted octanol–water partition coefficient (Wildman–Crippen LogP) is 3.54. The van der Waals surface area contributed by atoms with Crippen molar-refractivity contribution in [1.29, 1.82) is 0 Å². The molecule has 4 heteroatoms. The smallest absolute Gasteiger partial charge is 0.227 e. The first-order valence-electron chi connectivity index (χ1n) is 9.70. The lowest BCUT2D eigenvalue weighted by atomic mass is 9.96. The van der Waals surface area contributed by atoms with Crippen LogP contribution in [0.1, 0.15) is 38.2 Å². The van der Waals surface area contributed by atoms with Crippen LogP contribution in [-0.2, 0) is 16.0 Å². The van der Waals surface area contributed by atoms with Crippen molar-refractivity contribution in [3.8, 4) is 0 Å². The summed E-state index contributed by atoms with van der Waals surface area (Å²) in [6.07, 6.45) is 4.24. The van der Waals surface area contributed by atoms with Gasteiger partial charge in [0.05, 0.1) is 12.3 Å². The third kappa shape index (κ3) is 4.63. The Balaban J connectivity index is 1.58. The number of rotatable bonds is 6. The van der Waals surface area contributed by atoms with Crippen molar-refractivity contribution in [2.75, 3.05) is 19.6 Å². The summed E-state index contributed by atoms with van der Waals surface area (Å²) in [5.74, 6) is 0.147. The van der Waals surface area contributed by atoms with E-state index < -0.39 is 0 Å². The molecule has 1 N–H and O–H groups in total. The first-order valence-corrected chi connectivity index (χ1v) is 9.70. The lowest BCUT2D eigenvalue weighted by Crippen LogP contribution is -2.46. The number of piperidine rings is 1. The van der Waals surface area contributed by atoms with Gasteiger partial charge in [0.25, 0.3) is 0 Å². The first-order chi connectivity index (χ1) is 12.7. The molecule has 1 fully saturated rings. The Morgan fingerprint density at radius 2 is 1.96 bits per heavy atom. The second kappa shape index (κ2) is 8.84. The van der Waals surface area contributed by atoms with Gasteiger partial charge >= 0.3 is 0 Å². The van der Waals surface area contributed by atoms with Gasteiger partial charge in [-0.15, -0.1) is 0 Å². The van der Waals surface area contributed by atoms with E-state index in [1.807, 2.05) is 23.1 Å². The van der Waals surface area contributed by atoms with Crippen LogP contribution in [-0.4, -0.2) is 36.3 Å². The van der Waals surface area contributed by atoms with Gasteiger partial charge in [0, 0.05) is 19.6 Å². The Kier molecular flexibility index (Phi) is 6.26. The highest BCUT2D eigenvalue weighted by Crippen LogP contribution is 2.20. The predicted molar refractivity (Wildman–Crippen MR) is 105 cm³/mol. The standard InChI is InChI=1S/C22H28N2O2/c1-2-3-12-23-22(26)20-9-6-13-24(16-20)21(25)15-17-10-11-18-7-4-5-8-19(18)14-17/h4-5,7-8,10-11,14,20H,2-3,6,9,12-13,15-16H2,1H3,(H,23,26). The van der Waals surface area contributed by atoms with E-state index in [1.165, 1.54) is 5.39 Å². The molecule has 2 amide bonds. The van der Waals surface area contributed by atoms with Crippen LogP contribution in [0.25, 0.3) is 10.8 Å². The minimum absolute atomic E-state index is 0.0684. The van der Waals surface area contributed by atoms with Gasteiger partial charge < -0.3 is 10.2 Å². The van der Waals surface area contributed by atoms with Crippen LogP contribution in [0.2, 0.25) is 0 Å². The van der Waals surface area contributed by atoms with Gasteiger partial charge in [-0.2, -0.15) is 0 Å². The van der Waals surface area contributed by atoms with Gasteiger partial charge in [0.2, 0.25) is 11.8 Å². The Morgan fingerprint density at radius 1 is 1.15 bits per heavy atom. The van der Waals surface area contributed by atoms with E-state index in [9.17, 15) is 9.59 Å². The molecule has 1 aliphatic heterocycles. The molecule has 0 aromatic heterocycles. The van der Waals surface area contributed by atoms with Crippen molar-refractivity contribution in [3.05, 3.63) is 48.0 Å². The average molecular weight is 352 g/mol. The number of hydrogen-bond acceptors (Lipinski definition) is 2. The molecule has 1 heterocycles. The molecule has 138 valence electrons. The fraction of sp³-hybridized carbons (Fsp3) is 0.455. The Bertz CT molecular complexity index is 772.